The molecule has 0 fully saturated rings. The minimum atomic E-state index is 0.394. The molecule has 50 valence electrons. The standard InChI is InChI=1S/C6H9NO2/c1-5(2)6-3-4-8-9-7-6/h3-5H,1-2H3. The maximum atomic E-state index is 4.38. The van der Waals surface area contributed by atoms with Crippen LogP contribution in [-0.4, -0.2) is 5.71 Å². The second-order valence-electron chi connectivity index (χ2n) is 2.14. The van der Waals surface area contributed by atoms with Gasteiger partial charge in [-0.15, -0.1) is 0 Å². The predicted molar refractivity (Wildman–Crippen MR) is 33.6 cm³/mol. The van der Waals surface area contributed by atoms with Crippen LogP contribution in [-0.2, 0) is 9.88 Å². The molecule has 0 saturated heterocycles. The van der Waals surface area contributed by atoms with E-state index in [4.69, 9.17) is 0 Å². The fraction of sp³-hybridized carbons (Fsp3) is 0.500. The number of oxime groups is 1. The molecule has 3 nitrogen and oxygen atoms in total. The third-order valence-corrected chi connectivity index (χ3v) is 1.07. The molecule has 1 aliphatic heterocycles. The fourth-order valence-electron chi connectivity index (χ4n) is 0.515. The lowest BCUT2D eigenvalue weighted by Crippen LogP contribution is -2.07. The van der Waals surface area contributed by atoms with Crippen LogP contribution in [0.2, 0.25) is 0 Å². The Kier molecular flexibility index (Phi) is 1.72. The summed E-state index contributed by atoms with van der Waals surface area (Å²) in [6.07, 6.45) is 3.26. The highest BCUT2D eigenvalue weighted by molar-refractivity contribution is 5.95. The van der Waals surface area contributed by atoms with Crippen LogP contribution in [0.5, 0.6) is 0 Å². The second kappa shape index (κ2) is 2.53. The quantitative estimate of drug-likeness (QED) is 0.499. The molecule has 0 bridgehead atoms. The normalized spacial score (nSPS) is 16.6. The van der Waals surface area contributed by atoms with Crippen molar-refractivity contribution in [1.82, 2.24) is 0 Å². The van der Waals surface area contributed by atoms with Crippen molar-refractivity contribution < 1.29 is 9.88 Å². The van der Waals surface area contributed by atoms with Crippen molar-refractivity contribution >= 4 is 5.71 Å². The summed E-state index contributed by atoms with van der Waals surface area (Å²) < 4.78 is 0. The van der Waals surface area contributed by atoms with Gasteiger partial charge in [-0.05, 0) is 11.1 Å². The third-order valence-electron chi connectivity index (χ3n) is 1.07. The average molecular weight is 127 g/mol. The number of nitrogens with zero attached hydrogens (tertiary/aromatic N) is 1. The van der Waals surface area contributed by atoms with Gasteiger partial charge in [-0.25, -0.2) is 0 Å². The molecule has 9 heavy (non-hydrogen) atoms. The molecule has 0 aromatic rings. The largest absolute Gasteiger partial charge is 0.275 e. The number of hydrogen-bond acceptors (Lipinski definition) is 3. The molecule has 1 aliphatic rings. The lowest BCUT2D eigenvalue weighted by molar-refractivity contribution is -0.252. The number of allylic oxidation sites excluding steroid dienone is 1. The molecule has 0 aromatic heterocycles. The topological polar surface area (TPSA) is 30.8 Å². The molecule has 0 spiro atoms. The summed E-state index contributed by atoms with van der Waals surface area (Å²) in [6, 6.07) is 0. The van der Waals surface area contributed by atoms with E-state index in [-0.39, 0.29) is 0 Å². The Hall–Kier alpha value is -0.990. The van der Waals surface area contributed by atoms with E-state index in [2.05, 4.69) is 15.0 Å². The first-order valence-corrected chi connectivity index (χ1v) is 2.87. The lowest BCUT2D eigenvalue weighted by atomic mass is 10.1. The Morgan fingerprint density at radius 3 is 2.67 bits per heavy atom. The summed E-state index contributed by atoms with van der Waals surface area (Å²) in [4.78, 5) is 8.73. The maximum absolute atomic E-state index is 4.38. The molecule has 3 heteroatoms. The zero-order valence-electron chi connectivity index (χ0n) is 5.50. The molecule has 1 heterocycles. The van der Waals surface area contributed by atoms with Gasteiger partial charge >= 0.3 is 0 Å². The van der Waals surface area contributed by atoms with Gasteiger partial charge in [0.2, 0.25) is 0 Å². The van der Waals surface area contributed by atoms with Gasteiger partial charge in [0.25, 0.3) is 0 Å². The second-order valence-corrected chi connectivity index (χ2v) is 2.14. The molecule has 0 radical (unpaired) electrons. The average Bonchev–Trinajstić information content (AvgIpc) is 1.90. The molecule has 0 aromatic carbocycles. The number of rotatable bonds is 1. The van der Waals surface area contributed by atoms with E-state index in [0.717, 1.165) is 5.71 Å². The van der Waals surface area contributed by atoms with Crippen LogP contribution in [0.4, 0.5) is 0 Å². The summed E-state index contributed by atoms with van der Waals surface area (Å²) in [5.74, 6) is 0.394. The molecule has 1 rings (SSSR count). The van der Waals surface area contributed by atoms with Gasteiger partial charge < -0.3 is 0 Å². The SMILES string of the molecule is CC(C)C1=NOOC=C1. The molecule has 0 N–H and O–H groups in total. The van der Waals surface area contributed by atoms with Crippen LogP contribution in [0.15, 0.2) is 17.5 Å². The molecule has 0 unspecified atom stereocenters. The molecule has 0 saturated carbocycles. The first kappa shape index (κ1) is 6.13. The Morgan fingerprint density at radius 1 is 1.56 bits per heavy atom. The maximum Gasteiger partial charge on any atom is 0.147 e. The fourth-order valence-corrected chi connectivity index (χ4v) is 0.515. The van der Waals surface area contributed by atoms with Crippen molar-refractivity contribution in [3.8, 4) is 0 Å². The Balaban J connectivity index is 2.58. The van der Waals surface area contributed by atoms with Crippen molar-refractivity contribution in [3.63, 3.8) is 0 Å². The van der Waals surface area contributed by atoms with Crippen LogP contribution in [0, 0.1) is 5.92 Å². The Labute approximate surface area is 53.9 Å². The highest BCUT2D eigenvalue weighted by Crippen LogP contribution is 2.03. The van der Waals surface area contributed by atoms with Crippen LogP contribution in [0.25, 0.3) is 0 Å². The minimum Gasteiger partial charge on any atom is -0.275 e. The minimum absolute atomic E-state index is 0.394. The zero-order valence-corrected chi connectivity index (χ0v) is 5.50. The summed E-state index contributed by atoms with van der Waals surface area (Å²) >= 11 is 0. The summed E-state index contributed by atoms with van der Waals surface area (Å²) in [6.45, 7) is 4.08. The molecular formula is C6H9NO2. The summed E-state index contributed by atoms with van der Waals surface area (Å²) in [7, 11) is 0. The molecule has 0 amide bonds. The highest BCUT2D eigenvalue weighted by Gasteiger charge is 2.04. The molecular weight excluding hydrogens is 118 g/mol. The van der Waals surface area contributed by atoms with Crippen LogP contribution in [0.3, 0.4) is 0 Å². The van der Waals surface area contributed by atoms with Gasteiger partial charge in [0, 0.05) is 6.08 Å². The Bertz CT molecular complexity index is 149. The van der Waals surface area contributed by atoms with E-state index >= 15 is 0 Å². The van der Waals surface area contributed by atoms with Crippen molar-refractivity contribution in [2.24, 2.45) is 11.1 Å². The van der Waals surface area contributed by atoms with Gasteiger partial charge in [-0.2, -0.15) is 4.99 Å². The van der Waals surface area contributed by atoms with Crippen LogP contribution >= 0.6 is 0 Å². The van der Waals surface area contributed by atoms with E-state index in [1.54, 1.807) is 6.08 Å². The van der Waals surface area contributed by atoms with Crippen LogP contribution in [0.1, 0.15) is 13.8 Å². The van der Waals surface area contributed by atoms with Crippen molar-refractivity contribution in [2.75, 3.05) is 0 Å². The zero-order chi connectivity index (χ0) is 6.69. The van der Waals surface area contributed by atoms with E-state index in [0.29, 0.717) is 5.92 Å². The number of hydrogen-bond donors (Lipinski definition) is 0. The van der Waals surface area contributed by atoms with Crippen molar-refractivity contribution in [1.29, 1.82) is 0 Å². The first-order chi connectivity index (χ1) is 4.30. The van der Waals surface area contributed by atoms with E-state index < -0.39 is 0 Å². The molecule has 0 atom stereocenters. The predicted octanol–water partition coefficient (Wildman–Crippen LogP) is 1.47. The monoisotopic (exact) mass is 127 g/mol. The molecule has 0 aliphatic carbocycles. The Morgan fingerprint density at radius 2 is 2.33 bits per heavy atom. The van der Waals surface area contributed by atoms with Crippen LogP contribution < -0.4 is 0 Å². The lowest BCUT2D eigenvalue weighted by Gasteiger charge is -2.06. The van der Waals surface area contributed by atoms with Gasteiger partial charge in [0.15, 0.2) is 0 Å². The van der Waals surface area contributed by atoms with E-state index in [1.807, 2.05) is 13.8 Å². The van der Waals surface area contributed by atoms with E-state index in [1.165, 1.54) is 6.26 Å². The van der Waals surface area contributed by atoms with E-state index in [9.17, 15) is 0 Å². The van der Waals surface area contributed by atoms with Gasteiger partial charge in [-0.1, -0.05) is 13.8 Å². The first-order valence-electron chi connectivity index (χ1n) is 2.87. The summed E-state index contributed by atoms with van der Waals surface area (Å²) in [5, 5.41) is 3.64. The van der Waals surface area contributed by atoms with Crippen molar-refractivity contribution in [2.45, 2.75) is 13.8 Å². The summed E-state index contributed by atoms with van der Waals surface area (Å²) in [5.41, 5.74) is 0.904. The van der Waals surface area contributed by atoms with Gasteiger partial charge in [0.1, 0.15) is 6.26 Å². The smallest absolute Gasteiger partial charge is 0.147 e. The third kappa shape index (κ3) is 1.45. The van der Waals surface area contributed by atoms with Gasteiger partial charge in [-0.3, -0.25) is 4.89 Å². The van der Waals surface area contributed by atoms with Crippen molar-refractivity contribution in [3.05, 3.63) is 12.3 Å². The highest BCUT2D eigenvalue weighted by atomic mass is 17.3. The van der Waals surface area contributed by atoms with Gasteiger partial charge in [0.05, 0.1) is 5.71 Å².